The zero-order valence-electron chi connectivity index (χ0n) is 38.3. The Morgan fingerprint density at radius 3 is 1.72 bits per heavy atom. The van der Waals surface area contributed by atoms with Crippen molar-refractivity contribution in [1.29, 1.82) is 0 Å². The van der Waals surface area contributed by atoms with Gasteiger partial charge in [-0.05, 0) is 116 Å². The van der Waals surface area contributed by atoms with Crippen molar-refractivity contribution >= 4 is 120 Å². The van der Waals surface area contributed by atoms with E-state index in [1.807, 2.05) is 0 Å². The number of benzene rings is 9. The molecule has 0 aliphatic heterocycles. The third-order valence-corrected chi connectivity index (χ3v) is 15.1. The molecular weight excluding hydrogens is 815 g/mol. The average Bonchev–Trinajstić information content (AvgIpc) is 4.12. The third kappa shape index (κ3) is 4.78. The van der Waals surface area contributed by atoms with Gasteiger partial charge in [0.1, 0.15) is 11.0 Å². The summed E-state index contributed by atoms with van der Waals surface area (Å²) in [5.41, 5.74) is 16.9. The lowest BCUT2D eigenvalue weighted by molar-refractivity contribution is 0.590. The first-order valence-electron chi connectivity index (χ1n) is 23.6. The molecule has 318 valence electrons. The van der Waals surface area contributed by atoms with Gasteiger partial charge >= 0.3 is 0 Å². The van der Waals surface area contributed by atoms with Gasteiger partial charge in [-0.15, -0.1) is 0 Å². The van der Waals surface area contributed by atoms with E-state index < -0.39 is 0 Å². The van der Waals surface area contributed by atoms with E-state index in [4.69, 9.17) is 9.97 Å². The van der Waals surface area contributed by atoms with Gasteiger partial charge in [-0.3, -0.25) is 8.80 Å². The topological polar surface area (TPSA) is 39.5 Å². The van der Waals surface area contributed by atoms with E-state index in [9.17, 15) is 0 Å². The van der Waals surface area contributed by atoms with Crippen LogP contribution < -0.4 is 0 Å². The molecule has 67 heavy (non-hydrogen) atoms. The molecule has 5 nitrogen and oxygen atoms in total. The van der Waals surface area contributed by atoms with Crippen LogP contribution in [-0.4, -0.2) is 23.3 Å². The first-order valence-corrected chi connectivity index (χ1v) is 23.6. The molecule has 0 amide bonds. The first-order chi connectivity index (χ1) is 32.5. The lowest BCUT2D eigenvalue weighted by atomic mass is 9.84. The third-order valence-electron chi connectivity index (χ3n) is 15.1. The molecule has 0 unspecified atom stereocenters. The fourth-order valence-electron chi connectivity index (χ4n) is 11.9. The Balaban J connectivity index is 1.14. The summed E-state index contributed by atoms with van der Waals surface area (Å²) in [5, 5.41) is 14.6. The van der Waals surface area contributed by atoms with Crippen LogP contribution in [-0.2, 0) is 10.8 Å². The molecule has 0 saturated carbocycles. The number of nitrogens with zero attached hydrogens (tertiary/aromatic N) is 5. The highest BCUT2D eigenvalue weighted by atomic mass is 15.1. The molecule has 5 heteroatoms. The molecule has 0 N–H and O–H groups in total. The molecule has 15 rings (SSSR count). The molecule has 0 atom stereocenters. The lowest BCUT2D eigenvalue weighted by Gasteiger charge is -2.20. The van der Waals surface area contributed by atoms with Gasteiger partial charge < -0.3 is 4.57 Å². The number of para-hydroxylation sites is 2. The zero-order chi connectivity index (χ0) is 44.8. The number of rotatable bonds is 2. The van der Waals surface area contributed by atoms with Gasteiger partial charge in [0.05, 0.1) is 33.1 Å². The summed E-state index contributed by atoms with van der Waals surface area (Å²) in [6.45, 7) is 13.9. The van der Waals surface area contributed by atoms with E-state index in [-0.39, 0.29) is 10.8 Å². The largest absolute Gasteiger partial charge is 0.309 e. The Bertz CT molecular complexity index is 4620. The highest BCUT2D eigenvalue weighted by Crippen LogP contribution is 2.49. The highest BCUT2D eigenvalue weighted by Gasteiger charge is 2.30. The molecule has 0 radical (unpaired) electrons. The molecular formula is C62H45N5. The van der Waals surface area contributed by atoms with E-state index in [0.717, 1.165) is 44.3 Å². The van der Waals surface area contributed by atoms with Crippen molar-refractivity contribution in [3.63, 3.8) is 0 Å². The summed E-state index contributed by atoms with van der Waals surface area (Å²) in [7, 11) is 0. The Morgan fingerprint density at radius 2 is 0.940 bits per heavy atom. The van der Waals surface area contributed by atoms with Crippen molar-refractivity contribution < 1.29 is 0 Å². The van der Waals surface area contributed by atoms with Crippen molar-refractivity contribution in [1.82, 2.24) is 23.3 Å². The number of aromatic nitrogens is 5. The fourth-order valence-corrected chi connectivity index (χ4v) is 11.9. The van der Waals surface area contributed by atoms with Crippen molar-refractivity contribution in [3.8, 4) is 16.8 Å². The van der Waals surface area contributed by atoms with Gasteiger partial charge in [-0.25, -0.2) is 9.97 Å². The SMILES string of the molecule is CC(C)(C)c1ccc2c(c1)c1cc(C(C)(C)C)cc3c4nc5c(nc4n2c13)c1c2ccccc2cc2c3cc4ccccc4c(-c4ccc6c(c4)c4ccccc4n6-c4ccccc4)c3n5c21. The summed E-state index contributed by atoms with van der Waals surface area (Å²) in [6.07, 6.45) is 0. The van der Waals surface area contributed by atoms with Crippen molar-refractivity contribution in [2.45, 2.75) is 52.4 Å². The number of hydrogen-bond acceptors (Lipinski definition) is 2. The Labute approximate surface area is 385 Å². The first kappa shape index (κ1) is 37.2. The number of hydrogen-bond donors (Lipinski definition) is 0. The minimum Gasteiger partial charge on any atom is -0.309 e. The molecule has 9 aromatic carbocycles. The summed E-state index contributed by atoms with van der Waals surface area (Å²) in [4.78, 5) is 11.8. The molecule has 0 saturated heterocycles. The second-order valence-electron chi connectivity index (χ2n) is 21.0. The molecule has 6 aromatic heterocycles. The van der Waals surface area contributed by atoms with E-state index in [0.29, 0.717) is 0 Å². The average molecular weight is 860 g/mol. The molecule has 6 heterocycles. The van der Waals surface area contributed by atoms with Gasteiger partial charge in [-0.2, -0.15) is 0 Å². The second-order valence-corrected chi connectivity index (χ2v) is 21.0. The Hall–Kier alpha value is -8.02. The van der Waals surface area contributed by atoms with Crippen LogP contribution in [0.15, 0.2) is 164 Å². The van der Waals surface area contributed by atoms with Gasteiger partial charge in [-0.1, -0.05) is 139 Å². The van der Waals surface area contributed by atoms with Crippen LogP contribution in [0.3, 0.4) is 0 Å². The molecule has 0 spiro atoms. The fraction of sp³-hybridized carbons (Fsp3) is 0.129. The van der Waals surface area contributed by atoms with E-state index in [2.05, 4.69) is 219 Å². The predicted octanol–water partition coefficient (Wildman–Crippen LogP) is 16.4. The minimum atomic E-state index is -0.0733. The van der Waals surface area contributed by atoms with Crippen LogP contribution >= 0.6 is 0 Å². The predicted molar refractivity (Wildman–Crippen MR) is 284 cm³/mol. The summed E-state index contributed by atoms with van der Waals surface area (Å²) in [6, 6.07) is 61.1. The van der Waals surface area contributed by atoms with Crippen molar-refractivity contribution in [2.75, 3.05) is 0 Å². The van der Waals surface area contributed by atoms with Gasteiger partial charge in [0.25, 0.3) is 0 Å². The maximum atomic E-state index is 5.92. The van der Waals surface area contributed by atoms with Crippen LogP contribution in [0.4, 0.5) is 0 Å². The smallest absolute Gasteiger partial charge is 0.165 e. The number of fused-ring (bicyclic) bond motifs is 18. The molecule has 0 fully saturated rings. The van der Waals surface area contributed by atoms with Gasteiger partial charge in [0.15, 0.2) is 11.3 Å². The lowest BCUT2D eigenvalue weighted by Crippen LogP contribution is -2.11. The van der Waals surface area contributed by atoms with Crippen LogP contribution in [0, 0.1) is 0 Å². The van der Waals surface area contributed by atoms with Crippen molar-refractivity contribution in [3.05, 3.63) is 175 Å². The zero-order valence-corrected chi connectivity index (χ0v) is 38.3. The quantitative estimate of drug-likeness (QED) is 0.174. The molecule has 0 aliphatic rings. The van der Waals surface area contributed by atoms with Crippen molar-refractivity contribution in [2.24, 2.45) is 0 Å². The van der Waals surface area contributed by atoms with E-state index in [1.54, 1.807) is 0 Å². The maximum absolute atomic E-state index is 5.92. The van der Waals surface area contributed by atoms with Gasteiger partial charge in [0.2, 0.25) is 0 Å². The molecule has 15 aromatic rings. The van der Waals surface area contributed by atoms with Crippen LogP contribution in [0.2, 0.25) is 0 Å². The maximum Gasteiger partial charge on any atom is 0.165 e. The van der Waals surface area contributed by atoms with Gasteiger partial charge in [0, 0.05) is 54.3 Å². The Kier molecular flexibility index (Phi) is 6.92. The molecule has 0 aliphatic carbocycles. The monoisotopic (exact) mass is 859 g/mol. The Morgan fingerprint density at radius 1 is 0.373 bits per heavy atom. The van der Waals surface area contributed by atoms with E-state index >= 15 is 0 Å². The van der Waals surface area contributed by atoms with Crippen LogP contribution in [0.25, 0.3) is 137 Å². The molecule has 0 bridgehead atoms. The summed E-state index contributed by atoms with van der Waals surface area (Å²) < 4.78 is 7.30. The summed E-state index contributed by atoms with van der Waals surface area (Å²) in [5.74, 6) is 0. The van der Waals surface area contributed by atoms with Crippen LogP contribution in [0.5, 0.6) is 0 Å². The highest BCUT2D eigenvalue weighted by molar-refractivity contribution is 6.34. The second kappa shape index (κ2) is 12.4. The summed E-state index contributed by atoms with van der Waals surface area (Å²) >= 11 is 0. The van der Waals surface area contributed by atoms with Crippen LogP contribution in [0.1, 0.15) is 52.7 Å². The standard InChI is InChI=1S/C62H45N5/c1-61(2,3)37-25-27-51-44(31-37)47-32-38(62(4,5)6)33-48-54-59(66(51)56(47)48)64-55-53-41-21-13-11-17-35(41)29-46-45-28-34-16-10-12-20-40(34)52(57(45)67(58(46)53)60(55)63-54)36-24-26-50-43(30-36)42-22-14-15-23-49(42)65(50)39-18-8-7-9-19-39/h7-33H,1-6H3. The van der Waals surface area contributed by atoms with E-state index in [1.165, 1.54) is 104 Å². The normalized spacial score (nSPS) is 13.2. The minimum absolute atomic E-state index is 0.0166.